The molecule has 0 saturated heterocycles. The SMILES string of the molecule is Cl.Oc1ccc(Br)cc1CNC1CCCCC1. The molecule has 1 aromatic carbocycles. The van der Waals surface area contributed by atoms with Crippen LogP contribution in [0.3, 0.4) is 0 Å². The fraction of sp³-hybridized carbons (Fsp3) is 0.538. The van der Waals surface area contributed by atoms with Crippen molar-refractivity contribution in [1.29, 1.82) is 0 Å². The van der Waals surface area contributed by atoms with Crippen LogP contribution in [0, 0.1) is 0 Å². The van der Waals surface area contributed by atoms with E-state index in [0.717, 1.165) is 16.6 Å². The van der Waals surface area contributed by atoms with Crippen LogP contribution < -0.4 is 5.32 Å². The second kappa shape index (κ2) is 7.24. The number of hydrogen-bond donors (Lipinski definition) is 2. The number of benzene rings is 1. The molecule has 1 saturated carbocycles. The van der Waals surface area contributed by atoms with E-state index in [1.54, 1.807) is 6.07 Å². The van der Waals surface area contributed by atoms with Crippen molar-refractivity contribution < 1.29 is 5.11 Å². The summed E-state index contributed by atoms with van der Waals surface area (Å²) in [7, 11) is 0. The summed E-state index contributed by atoms with van der Waals surface area (Å²) in [4.78, 5) is 0. The van der Waals surface area contributed by atoms with E-state index in [0.29, 0.717) is 11.8 Å². The van der Waals surface area contributed by atoms with E-state index >= 15 is 0 Å². The van der Waals surface area contributed by atoms with Crippen LogP contribution in [0.4, 0.5) is 0 Å². The van der Waals surface area contributed by atoms with E-state index in [1.165, 1.54) is 32.1 Å². The number of phenols is 1. The van der Waals surface area contributed by atoms with Gasteiger partial charge < -0.3 is 10.4 Å². The van der Waals surface area contributed by atoms with Crippen LogP contribution in [-0.2, 0) is 6.54 Å². The van der Waals surface area contributed by atoms with Crippen molar-refractivity contribution in [3.63, 3.8) is 0 Å². The van der Waals surface area contributed by atoms with E-state index in [9.17, 15) is 5.11 Å². The lowest BCUT2D eigenvalue weighted by atomic mass is 9.95. The zero-order valence-electron chi connectivity index (χ0n) is 9.79. The van der Waals surface area contributed by atoms with Crippen molar-refractivity contribution >= 4 is 28.3 Å². The van der Waals surface area contributed by atoms with Crippen molar-refractivity contribution in [2.75, 3.05) is 0 Å². The summed E-state index contributed by atoms with van der Waals surface area (Å²) in [6, 6.07) is 6.21. The number of hydrogen-bond acceptors (Lipinski definition) is 2. The van der Waals surface area contributed by atoms with Crippen LogP contribution in [-0.4, -0.2) is 11.1 Å². The Balaban J connectivity index is 0.00000144. The normalized spacial score (nSPS) is 16.5. The molecule has 1 aliphatic rings. The molecule has 0 aliphatic heterocycles. The van der Waals surface area contributed by atoms with Crippen LogP contribution in [0.1, 0.15) is 37.7 Å². The summed E-state index contributed by atoms with van der Waals surface area (Å²) >= 11 is 3.42. The van der Waals surface area contributed by atoms with Gasteiger partial charge in [0.15, 0.2) is 0 Å². The molecule has 0 heterocycles. The molecule has 1 fully saturated rings. The van der Waals surface area contributed by atoms with Gasteiger partial charge in [-0.25, -0.2) is 0 Å². The summed E-state index contributed by atoms with van der Waals surface area (Å²) < 4.78 is 1.02. The standard InChI is InChI=1S/C13H18BrNO.ClH/c14-11-6-7-13(16)10(8-11)9-15-12-4-2-1-3-5-12;/h6-8,12,15-16H,1-5,9H2;1H. The highest BCUT2D eigenvalue weighted by molar-refractivity contribution is 9.10. The zero-order valence-corrected chi connectivity index (χ0v) is 12.2. The van der Waals surface area contributed by atoms with Crippen LogP contribution >= 0.6 is 28.3 Å². The maximum Gasteiger partial charge on any atom is 0.120 e. The molecule has 96 valence electrons. The molecule has 2 N–H and O–H groups in total. The molecule has 0 unspecified atom stereocenters. The molecule has 4 heteroatoms. The van der Waals surface area contributed by atoms with Gasteiger partial charge in [0.05, 0.1) is 0 Å². The second-order valence-corrected chi connectivity index (χ2v) is 5.40. The van der Waals surface area contributed by atoms with E-state index in [4.69, 9.17) is 0 Å². The Morgan fingerprint density at radius 3 is 2.65 bits per heavy atom. The summed E-state index contributed by atoms with van der Waals surface area (Å²) in [5.41, 5.74) is 0.972. The van der Waals surface area contributed by atoms with Crippen molar-refractivity contribution in [2.45, 2.75) is 44.7 Å². The smallest absolute Gasteiger partial charge is 0.120 e. The molecule has 0 amide bonds. The molecule has 0 radical (unpaired) electrons. The number of phenolic OH excluding ortho intramolecular Hbond substituents is 1. The molecule has 0 bridgehead atoms. The quantitative estimate of drug-likeness (QED) is 0.882. The highest BCUT2D eigenvalue weighted by Crippen LogP contribution is 2.23. The molecule has 2 rings (SSSR count). The summed E-state index contributed by atoms with van der Waals surface area (Å²) in [6.07, 6.45) is 6.59. The van der Waals surface area contributed by atoms with Crippen molar-refractivity contribution in [3.05, 3.63) is 28.2 Å². The van der Waals surface area contributed by atoms with E-state index in [1.807, 2.05) is 12.1 Å². The Morgan fingerprint density at radius 1 is 1.24 bits per heavy atom. The van der Waals surface area contributed by atoms with Gasteiger partial charge in [0, 0.05) is 22.6 Å². The number of rotatable bonds is 3. The molecule has 2 nitrogen and oxygen atoms in total. The van der Waals surface area contributed by atoms with Gasteiger partial charge in [-0.15, -0.1) is 12.4 Å². The van der Waals surface area contributed by atoms with Gasteiger partial charge in [-0.3, -0.25) is 0 Å². The number of nitrogens with one attached hydrogen (secondary N) is 1. The van der Waals surface area contributed by atoms with Crippen LogP contribution in [0.5, 0.6) is 5.75 Å². The minimum absolute atomic E-state index is 0. The molecule has 0 spiro atoms. The second-order valence-electron chi connectivity index (χ2n) is 4.49. The topological polar surface area (TPSA) is 32.3 Å². The third-order valence-corrected chi connectivity index (χ3v) is 3.72. The Labute approximate surface area is 117 Å². The fourth-order valence-electron chi connectivity index (χ4n) is 2.26. The predicted octanol–water partition coefficient (Wildman–Crippen LogP) is 4.00. The third kappa shape index (κ3) is 4.49. The van der Waals surface area contributed by atoms with E-state index in [-0.39, 0.29) is 12.4 Å². The lowest BCUT2D eigenvalue weighted by Gasteiger charge is -2.23. The molecule has 0 aromatic heterocycles. The molecular weight excluding hydrogens is 302 g/mol. The summed E-state index contributed by atoms with van der Waals surface area (Å²) in [5.74, 6) is 0.381. The van der Waals surface area contributed by atoms with Gasteiger partial charge in [0.1, 0.15) is 5.75 Å². The van der Waals surface area contributed by atoms with Gasteiger partial charge in [-0.1, -0.05) is 35.2 Å². The number of halogens is 2. The van der Waals surface area contributed by atoms with Gasteiger partial charge in [-0.05, 0) is 31.0 Å². The first kappa shape index (κ1) is 14.8. The fourth-order valence-corrected chi connectivity index (χ4v) is 2.67. The number of aromatic hydroxyl groups is 1. The lowest BCUT2D eigenvalue weighted by molar-refractivity contribution is 0.369. The lowest BCUT2D eigenvalue weighted by Crippen LogP contribution is -2.30. The molecule has 17 heavy (non-hydrogen) atoms. The van der Waals surface area contributed by atoms with E-state index in [2.05, 4.69) is 21.2 Å². The van der Waals surface area contributed by atoms with Crippen LogP contribution in [0.25, 0.3) is 0 Å². The first-order valence-corrected chi connectivity index (χ1v) is 6.76. The zero-order chi connectivity index (χ0) is 11.4. The average Bonchev–Trinajstić information content (AvgIpc) is 2.32. The molecule has 1 aromatic rings. The molecular formula is C13H19BrClNO. The highest BCUT2D eigenvalue weighted by Gasteiger charge is 2.13. The minimum atomic E-state index is 0. The summed E-state index contributed by atoms with van der Waals surface area (Å²) in [6.45, 7) is 0.760. The van der Waals surface area contributed by atoms with Gasteiger partial charge in [0.2, 0.25) is 0 Å². The van der Waals surface area contributed by atoms with Crippen molar-refractivity contribution in [3.8, 4) is 5.75 Å². The Hall–Kier alpha value is -0.250. The van der Waals surface area contributed by atoms with Crippen molar-refractivity contribution in [1.82, 2.24) is 5.32 Å². The average molecular weight is 321 g/mol. The highest BCUT2D eigenvalue weighted by atomic mass is 79.9. The summed E-state index contributed by atoms with van der Waals surface area (Å²) in [5, 5.41) is 13.2. The Bertz CT molecular complexity index is 353. The first-order valence-electron chi connectivity index (χ1n) is 5.96. The van der Waals surface area contributed by atoms with Crippen molar-refractivity contribution in [2.24, 2.45) is 0 Å². The first-order chi connectivity index (χ1) is 7.75. The monoisotopic (exact) mass is 319 g/mol. The Morgan fingerprint density at radius 2 is 1.94 bits per heavy atom. The molecule has 0 atom stereocenters. The maximum absolute atomic E-state index is 9.70. The maximum atomic E-state index is 9.70. The van der Waals surface area contributed by atoms with Crippen LogP contribution in [0.15, 0.2) is 22.7 Å². The van der Waals surface area contributed by atoms with Gasteiger partial charge in [-0.2, -0.15) is 0 Å². The largest absolute Gasteiger partial charge is 0.508 e. The molecule has 1 aliphatic carbocycles. The van der Waals surface area contributed by atoms with Crippen LogP contribution in [0.2, 0.25) is 0 Å². The van der Waals surface area contributed by atoms with E-state index < -0.39 is 0 Å². The predicted molar refractivity (Wildman–Crippen MR) is 76.8 cm³/mol. The van der Waals surface area contributed by atoms with Gasteiger partial charge >= 0.3 is 0 Å². The third-order valence-electron chi connectivity index (χ3n) is 3.23. The van der Waals surface area contributed by atoms with Gasteiger partial charge in [0.25, 0.3) is 0 Å². The minimum Gasteiger partial charge on any atom is -0.508 e. The Kier molecular flexibility index (Phi) is 6.31.